The molecule has 2 aromatic rings. The van der Waals surface area contributed by atoms with Gasteiger partial charge in [0, 0.05) is 11.6 Å². The Morgan fingerprint density at radius 2 is 2.11 bits per heavy atom. The molecule has 0 saturated carbocycles. The molecule has 6 nitrogen and oxygen atoms in total. The molecule has 0 atom stereocenters. The minimum Gasteiger partial charge on any atom is -0.507 e. The van der Waals surface area contributed by atoms with Crippen molar-refractivity contribution < 1.29 is 19.9 Å². The lowest BCUT2D eigenvalue weighted by Gasteiger charge is -2.05. The van der Waals surface area contributed by atoms with Gasteiger partial charge in [-0.3, -0.25) is 10.1 Å². The maximum Gasteiger partial charge on any atom is 0.340 e. The van der Waals surface area contributed by atoms with Crippen molar-refractivity contribution in [2.24, 2.45) is 0 Å². The van der Waals surface area contributed by atoms with Gasteiger partial charge in [-0.25, -0.2) is 4.79 Å². The monoisotopic (exact) mass is 343 g/mol. The minimum atomic E-state index is -1.34. The van der Waals surface area contributed by atoms with Crippen molar-refractivity contribution in [1.82, 2.24) is 0 Å². The van der Waals surface area contributed by atoms with Gasteiger partial charge in [-0.1, -0.05) is 12.1 Å². The molecular weight excluding hydrogens is 338 g/mol. The number of nitro groups is 1. The van der Waals surface area contributed by atoms with Crippen molar-refractivity contribution in [1.29, 1.82) is 0 Å². The van der Waals surface area contributed by atoms with Crippen molar-refractivity contribution in [3.63, 3.8) is 0 Å². The molecule has 0 fully saturated rings. The number of carbonyl (C=O) groups is 1. The predicted octanol–water partition coefficient (Wildman–Crippen LogP) is 3.49. The second-order valence-corrected chi connectivity index (χ2v) is 5.96. The molecule has 0 saturated heterocycles. The summed E-state index contributed by atoms with van der Waals surface area (Å²) in [5.41, 5.74) is -0.431. The first-order valence-electron chi connectivity index (χ1n) is 4.91. The molecule has 1 aromatic heterocycles. The van der Waals surface area contributed by atoms with Gasteiger partial charge in [0.05, 0.1) is 8.71 Å². The third-order valence-corrected chi connectivity index (χ3v) is 4.04. The summed E-state index contributed by atoms with van der Waals surface area (Å²) in [5, 5.41) is 29.7. The highest BCUT2D eigenvalue weighted by Gasteiger charge is 2.25. The zero-order valence-corrected chi connectivity index (χ0v) is 11.6. The Morgan fingerprint density at radius 1 is 1.42 bits per heavy atom. The van der Waals surface area contributed by atoms with E-state index in [0.29, 0.717) is 3.79 Å². The number of rotatable bonds is 3. The molecule has 0 aliphatic rings. The van der Waals surface area contributed by atoms with Gasteiger partial charge >= 0.3 is 5.97 Å². The van der Waals surface area contributed by atoms with Crippen LogP contribution in [0.25, 0.3) is 10.4 Å². The van der Waals surface area contributed by atoms with E-state index < -0.39 is 16.6 Å². The fourth-order valence-corrected chi connectivity index (χ4v) is 3.22. The maximum absolute atomic E-state index is 11.2. The first kappa shape index (κ1) is 13.5. The molecule has 0 aliphatic heterocycles. The van der Waals surface area contributed by atoms with E-state index in [1.807, 2.05) is 0 Å². The maximum atomic E-state index is 11.2. The number of carboxylic acids is 1. The molecule has 0 unspecified atom stereocenters. The molecule has 0 amide bonds. The summed E-state index contributed by atoms with van der Waals surface area (Å²) in [6, 6.07) is 5.39. The van der Waals surface area contributed by atoms with Crippen LogP contribution in [0.4, 0.5) is 5.69 Å². The van der Waals surface area contributed by atoms with E-state index >= 15 is 0 Å². The van der Waals surface area contributed by atoms with E-state index in [-0.39, 0.29) is 21.7 Å². The molecule has 2 N–H and O–H groups in total. The topological polar surface area (TPSA) is 101 Å². The number of hydrogen-bond donors (Lipinski definition) is 2. The number of benzene rings is 1. The largest absolute Gasteiger partial charge is 0.507 e. The van der Waals surface area contributed by atoms with E-state index in [2.05, 4.69) is 15.9 Å². The lowest BCUT2D eigenvalue weighted by atomic mass is 10.0. The first-order chi connectivity index (χ1) is 8.91. The lowest BCUT2D eigenvalue weighted by molar-refractivity contribution is -0.383. The third-order valence-electron chi connectivity index (χ3n) is 2.38. The third kappa shape index (κ3) is 2.45. The van der Waals surface area contributed by atoms with Crippen LogP contribution in [0, 0.1) is 10.1 Å². The molecule has 0 spiro atoms. The van der Waals surface area contributed by atoms with Gasteiger partial charge in [0.15, 0.2) is 0 Å². The molecular formula is C11H6BrNO5S. The molecule has 0 aliphatic carbocycles. The SMILES string of the molecule is O=C(O)c1c(O)cccc1-c1sc(Br)cc1[N+](=O)[O-]. The molecule has 1 aromatic carbocycles. The summed E-state index contributed by atoms with van der Waals surface area (Å²) in [6.07, 6.45) is 0. The summed E-state index contributed by atoms with van der Waals surface area (Å²) >= 11 is 4.17. The van der Waals surface area contributed by atoms with Gasteiger partial charge in [-0.05, 0) is 22.0 Å². The van der Waals surface area contributed by atoms with E-state index in [1.54, 1.807) is 0 Å². The molecule has 2 rings (SSSR count). The van der Waals surface area contributed by atoms with Crippen molar-refractivity contribution >= 4 is 38.9 Å². The van der Waals surface area contributed by atoms with Gasteiger partial charge in [0.2, 0.25) is 0 Å². The van der Waals surface area contributed by atoms with E-state index in [9.17, 15) is 20.0 Å². The average molecular weight is 344 g/mol. The Morgan fingerprint density at radius 3 is 2.68 bits per heavy atom. The Labute approximate surface area is 119 Å². The Kier molecular flexibility index (Phi) is 3.54. The smallest absolute Gasteiger partial charge is 0.340 e. The van der Waals surface area contributed by atoms with Crippen molar-refractivity contribution in [2.75, 3.05) is 0 Å². The summed E-state index contributed by atoms with van der Waals surface area (Å²) in [5.74, 6) is -1.77. The van der Waals surface area contributed by atoms with Crippen LogP contribution in [0.3, 0.4) is 0 Å². The average Bonchev–Trinajstić information content (AvgIpc) is 2.70. The molecule has 1 heterocycles. The Balaban J connectivity index is 2.76. The molecule has 19 heavy (non-hydrogen) atoms. The summed E-state index contributed by atoms with van der Waals surface area (Å²) < 4.78 is 0.508. The van der Waals surface area contributed by atoms with E-state index in [0.717, 1.165) is 11.3 Å². The van der Waals surface area contributed by atoms with Gasteiger partial charge in [0.1, 0.15) is 16.2 Å². The Bertz CT molecular complexity index is 682. The van der Waals surface area contributed by atoms with Gasteiger partial charge in [-0.15, -0.1) is 11.3 Å². The number of aromatic hydroxyl groups is 1. The zero-order valence-electron chi connectivity index (χ0n) is 9.16. The van der Waals surface area contributed by atoms with Crippen LogP contribution in [0.5, 0.6) is 5.75 Å². The normalized spacial score (nSPS) is 10.4. The fraction of sp³-hybridized carbons (Fsp3) is 0. The van der Waals surface area contributed by atoms with Crippen LogP contribution in [-0.4, -0.2) is 21.1 Å². The summed E-state index contributed by atoms with van der Waals surface area (Å²) in [6.45, 7) is 0. The summed E-state index contributed by atoms with van der Waals surface area (Å²) in [4.78, 5) is 21.7. The van der Waals surface area contributed by atoms with Crippen LogP contribution in [-0.2, 0) is 0 Å². The van der Waals surface area contributed by atoms with Crippen molar-refractivity contribution in [2.45, 2.75) is 0 Å². The highest BCUT2D eigenvalue weighted by molar-refractivity contribution is 9.11. The number of thiophene rings is 1. The van der Waals surface area contributed by atoms with Crippen molar-refractivity contribution in [3.8, 4) is 16.2 Å². The number of aromatic carboxylic acids is 1. The molecule has 8 heteroatoms. The first-order valence-corrected chi connectivity index (χ1v) is 6.52. The van der Waals surface area contributed by atoms with E-state index in [1.165, 1.54) is 24.3 Å². The second-order valence-electron chi connectivity index (χ2n) is 3.53. The Hall–Kier alpha value is -1.93. The van der Waals surface area contributed by atoms with Gasteiger partial charge in [0.25, 0.3) is 5.69 Å². The van der Waals surface area contributed by atoms with Gasteiger partial charge < -0.3 is 10.2 Å². The molecule has 98 valence electrons. The standard InChI is InChI=1S/C11H6BrNO5S/c12-8-4-6(13(17)18)10(19-8)5-2-1-3-7(14)9(5)11(15)16/h1-4,14H,(H,15,16). The van der Waals surface area contributed by atoms with Crippen LogP contribution < -0.4 is 0 Å². The number of carboxylic acid groups (broad SMARTS) is 1. The van der Waals surface area contributed by atoms with Crippen LogP contribution in [0.15, 0.2) is 28.1 Å². The van der Waals surface area contributed by atoms with Gasteiger partial charge in [-0.2, -0.15) is 0 Å². The number of hydrogen-bond acceptors (Lipinski definition) is 5. The molecule has 0 radical (unpaired) electrons. The predicted molar refractivity (Wildman–Crippen MR) is 72.7 cm³/mol. The van der Waals surface area contributed by atoms with Crippen LogP contribution in [0.2, 0.25) is 0 Å². The quantitative estimate of drug-likeness (QED) is 0.656. The minimum absolute atomic E-state index is 0.120. The highest BCUT2D eigenvalue weighted by atomic mass is 79.9. The number of phenols is 1. The highest BCUT2D eigenvalue weighted by Crippen LogP contribution is 2.43. The van der Waals surface area contributed by atoms with Crippen LogP contribution >= 0.6 is 27.3 Å². The second kappa shape index (κ2) is 4.98. The summed E-state index contributed by atoms with van der Waals surface area (Å²) in [7, 11) is 0. The van der Waals surface area contributed by atoms with Crippen LogP contribution in [0.1, 0.15) is 10.4 Å². The number of nitrogens with zero attached hydrogens (tertiary/aromatic N) is 1. The lowest BCUT2D eigenvalue weighted by Crippen LogP contribution is -2.00. The fourth-order valence-electron chi connectivity index (χ4n) is 1.63. The van der Waals surface area contributed by atoms with E-state index in [4.69, 9.17) is 5.11 Å². The number of halogens is 1. The molecule has 0 bridgehead atoms. The zero-order chi connectivity index (χ0) is 14.2. The van der Waals surface area contributed by atoms with Crippen molar-refractivity contribution in [3.05, 3.63) is 43.7 Å².